The smallest absolute Gasteiger partial charge is 0.389 e. The predicted octanol–water partition coefficient (Wildman–Crippen LogP) is 1.62. The molecule has 5 nitrogen and oxygen atoms in total. The summed E-state index contributed by atoms with van der Waals surface area (Å²) in [6.07, 6.45) is -2.61. The summed E-state index contributed by atoms with van der Waals surface area (Å²) in [6.45, 7) is 2.26. The van der Waals surface area contributed by atoms with Gasteiger partial charge in [-0.2, -0.15) is 13.2 Å². The number of aromatic amines is 1. The Morgan fingerprint density at radius 2 is 2.14 bits per heavy atom. The van der Waals surface area contributed by atoms with Gasteiger partial charge in [0.05, 0.1) is 18.9 Å². The van der Waals surface area contributed by atoms with Crippen LogP contribution in [0, 0.1) is 0 Å². The first-order valence-electron chi connectivity index (χ1n) is 6.91. The van der Waals surface area contributed by atoms with Gasteiger partial charge in [-0.1, -0.05) is 0 Å². The molecule has 2 rings (SSSR count). The van der Waals surface area contributed by atoms with Gasteiger partial charge in [-0.15, -0.1) is 0 Å². The minimum atomic E-state index is -4.38. The van der Waals surface area contributed by atoms with E-state index in [1.165, 1.54) is 7.11 Å². The van der Waals surface area contributed by atoms with E-state index in [1.54, 1.807) is 0 Å². The van der Waals surface area contributed by atoms with E-state index in [4.69, 9.17) is 4.74 Å². The van der Waals surface area contributed by atoms with Crippen molar-refractivity contribution < 1.29 is 23.0 Å². The normalized spacial score (nSPS) is 19.9. The Kier molecular flexibility index (Phi) is 5.23. The number of hydrogen-bond donors (Lipinski definition) is 2. The van der Waals surface area contributed by atoms with Crippen LogP contribution in [0.3, 0.4) is 0 Å². The van der Waals surface area contributed by atoms with Crippen LogP contribution in [0.15, 0.2) is 6.20 Å². The summed E-state index contributed by atoms with van der Waals surface area (Å²) in [6, 6.07) is 0. The zero-order valence-corrected chi connectivity index (χ0v) is 11.9. The number of alkyl halides is 3. The lowest BCUT2D eigenvalue weighted by Gasteiger charge is -2.32. The molecule has 1 aromatic heterocycles. The number of aromatic nitrogens is 2. The molecule has 2 N–H and O–H groups in total. The van der Waals surface area contributed by atoms with Gasteiger partial charge in [0.1, 0.15) is 11.5 Å². The van der Waals surface area contributed by atoms with Gasteiger partial charge in [0.15, 0.2) is 0 Å². The summed E-state index contributed by atoms with van der Waals surface area (Å²) >= 11 is 0. The molecule has 1 aliphatic rings. The van der Waals surface area contributed by atoms with Crippen molar-refractivity contribution in [1.82, 2.24) is 14.9 Å². The summed E-state index contributed by atoms with van der Waals surface area (Å²) in [5.41, 5.74) is -0.796. The standard InChI is InChI=1S/C13H20F3N3O2/c1-21-8-10(20)7-19-4-2-9(3-5-19)12-17-6-11(18-12)13(14,15)16/h6,9-10,20H,2-5,7-8H2,1H3,(H,17,18). The molecule has 0 aliphatic carbocycles. The highest BCUT2D eigenvalue weighted by Crippen LogP contribution is 2.31. The molecule has 1 unspecified atom stereocenters. The topological polar surface area (TPSA) is 61.4 Å². The van der Waals surface area contributed by atoms with Crippen LogP contribution in [0.2, 0.25) is 0 Å². The van der Waals surface area contributed by atoms with Crippen molar-refractivity contribution in [2.24, 2.45) is 0 Å². The van der Waals surface area contributed by atoms with E-state index < -0.39 is 18.0 Å². The lowest BCUT2D eigenvalue weighted by molar-refractivity contribution is -0.141. The van der Waals surface area contributed by atoms with E-state index in [0.29, 0.717) is 12.4 Å². The number of ether oxygens (including phenoxy) is 1. The maximum atomic E-state index is 12.5. The predicted molar refractivity (Wildman–Crippen MR) is 69.9 cm³/mol. The highest BCUT2D eigenvalue weighted by atomic mass is 19.4. The van der Waals surface area contributed by atoms with Gasteiger partial charge in [-0.3, -0.25) is 0 Å². The molecule has 1 aromatic rings. The highest BCUT2D eigenvalue weighted by Gasteiger charge is 2.34. The molecule has 0 amide bonds. The molecule has 0 bridgehead atoms. The van der Waals surface area contributed by atoms with Crippen LogP contribution in [0.4, 0.5) is 13.2 Å². The zero-order chi connectivity index (χ0) is 15.5. The molecule has 1 fully saturated rings. The zero-order valence-electron chi connectivity index (χ0n) is 11.9. The Hall–Kier alpha value is -1.12. The Morgan fingerprint density at radius 1 is 1.48 bits per heavy atom. The van der Waals surface area contributed by atoms with Crippen molar-refractivity contribution in [3.63, 3.8) is 0 Å². The minimum absolute atomic E-state index is 0.0110. The largest absolute Gasteiger partial charge is 0.432 e. The van der Waals surface area contributed by atoms with Crippen LogP contribution in [-0.2, 0) is 10.9 Å². The maximum Gasteiger partial charge on any atom is 0.432 e. The highest BCUT2D eigenvalue weighted by molar-refractivity contribution is 5.09. The van der Waals surface area contributed by atoms with Crippen LogP contribution < -0.4 is 0 Å². The summed E-state index contributed by atoms with van der Waals surface area (Å²) in [5.74, 6) is 0.413. The quantitative estimate of drug-likeness (QED) is 0.868. The average molecular weight is 307 g/mol. The number of aliphatic hydroxyl groups is 1. The second-order valence-corrected chi connectivity index (χ2v) is 5.36. The molecule has 0 spiro atoms. The molecule has 21 heavy (non-hydrogen) atoms. The average Bonchev–Trinajstić information content (AvgIpc) is 2.89. The number of β-amino-alcohol motifs (C(OH)–C–C–N with tert-alkyl or cyclic N) is 1. The van der Waals surface area contributed by atoms with E-state index in [1.807, 2.05) is 0 Å². The molecule has 8 heteroatoms. The van der Waals surface area contributed by atoms with Gasteiger partial charge in [0.2, 0.25) is 0 Å². The number of nitrogens with zero attached hydrogens (tertiary/aromatic N) is 2. The van der Waals surface area contributed by atoms with Crippen molar-refractivity contribution in [3.05, 3.63) is 17.7 Å². The molecule has 1 atom stereocenters. The third kappa shape index (κ3) is 4.42. The van der Waals surface area contributed by atoms with E-state index in [9.17, 15) is 18.3 Å². The number of likely N-dealkylation sites (tertiary alicyclic amines) is 1. The first kappa shape index (κ1) is 16.3. The monoisotopic (exact) mass is 307 g/mol. The Balaban J connectivity index is 1.85. The maximum absolute atomic E-state index is 12.5. The second-order valence-electron chi connectivity index (χ2n) is 5.36. The molecular weight excluding hydrogens is 287 g/mol. The van der Waals surface area contributed by atoms with Crippen LogP contribution >= 0.6 is 0 Å². The van der Waals surface area contributed by atoms with Crippen molar-refractivity contribution in [3.8, 4) is 0 Å². The number of piperidine rings is 1. The van der Waals surface area contributed by atoms with Gasteiger partial charge < -0.3 is 19.7 Å². The van der Waals surface area contributed by atoms with Crippen molar-refractivity contribution in [2.45, 2.75) is 31.0 Å². The number of halogens is 3. The van der Waals surface area contributed by atoms with E-state index in [0.717, 1.165) is 32.1 Å². The minimum Gasteiger partial charge on any atom is -0.389 e. The fourth-order valence-electron chi connectivity index (χ4n) is 2.62. The summed E-state index contributed by atoms with van der Waals surface area (Å²) in [5, 5.41) is 9.67. The first-order chi connectivity index (χ1) is 9.90. The van der Waals surface area contributed by atoms with E-state index in [2.05, 4.69) is 14.9 Å². The Morgan fingerprint density at radius 3 is 2.67 bits per heavy atom. The lowest BCUT2D eigenvalue weighted by atomic mass is 9.96. The van der Waals surface area contributed by atoms with Crippen molar-refractivity contribution >= 4 is 0 Å². The number of hydrogen-bond acceptors (Lipinski definition) is 4. The van der Waals surface area contributed by atoms with Crippen LogP contribution in [-0.4, -0.2) is 59.4 Å². The third-order valence-corrected chi connectivity index (χ3v) is 3.70. The van der Waals surface area contributed by atoms with Crippen molar-refractivity contribution in [1.29, 1.82) is 0 Å². The van der Waals surface area contributed by atoms with Crippen molar-refractivity contribution in [2.75, 3.05) is 33.4 Å². The number of rotatable bonds is 5. The first-order valence-corrected chi connectivity index (χ1v) is 6.91. The van der Waals surface area contributed by atoms with Gasteiger partial charge in [0, 0.05) is 19.6 Å². The van der Waals surface area contributed by atoms with E-state index in [-0.39, 0.29) is 12.5 Å². The molecule has 0 aromatic carbocycles. The van der Waals surface area contributed by atoms with Gasteiger partial charge in [0.25, 0.3) is 0 Å². The number of imidazole rings is 1. The molecule has 1 aliphatic heterocycles. The SMILES string of the molecule is COCC(O)CN1CCC(c2ncc(C(F)(F)F)[nH]2)CC1. The molecule has 2 heterocycles. The summed E-state index contributed by atoms with van der Waals surface area (Å²) in [4.78, 5) is 8.32. The summed E-state index contributed by atoms with van der Waals surface area (Å²) in [7, 11) is 1.53. The lowest BCUT2D eigenvalue weighted by Crippen LogP contribution is -2.39. The van der Waals surface area contributed by atoms with Gasteiger partial charge >= 0.3 is 6.18 Å². The third-order valence-electron chi connectivity index (χ3n) is 3.70. The Labute approximate surface area is 121 Å². The van der Waals surface area contributed by atoms with E-state index >= 15 is 0 Å². The molecule has 0 radical (unpaired) electrons. The summed E-state index contributed by atoms with van der Waals surface area (Å²) < 4.78 is 42.5. The fourth-order valence-corrected chi connectivity index (χ4v) is 2.62. The number of nitrogens with one attached hydrogen (secondary N) is 1. The van der Waals surface area contributed by atoms with Crippen LogP contribution in [0.25, 0.3) is 0 Å². The fraction of sp³-hybridized carbons (Fsp3) is 0.769. The number of methoxy groups -OCH3 is 1. The second kappa shape index (κ2) is 6.76. The number of aliphatic hydroxyl groups excluding tert-OH is 1. The Bertz CT molecular complexity index is 442. The van der Waals surface area contributed by atoms with Crippen LogP contribution in [0.5, 0.6) is 0 Å². The molecule has 0 saturated carbocycles. The van der Waals surface area contributed by atoms with Gasteiger partial charge in [-0.25, -0.2) is 4.98 Å². The van der Waals surface area contributed by atoms with Crippen LogP contribution in [0.1, 0.15) is 30.3 Å². The molecular formula is C13H20F3N3O2. The molecule has 120 valence electrons. The molecule has 1 saturated heterocycles. The van der Waals surface area contributed by atoms with Gasteiger partial charge in [-0.05, 0) is 25.9 Å². The number of H-pyrrole nitrogens is 1.